The molecule has 122 valence electrons. The number of aryl methyl sites for hydroxylation is 1. The number of aliphatic imine (C=N–C) groups is 1. The highest BCUT2D eigenvalue weighted by atomic mass is 127. The molecule has 0 bridgehead atoms. The Balaban J connectivity index is 0.00000400. The molecular formula is C13H27IN6O. The van der Waals surface area contributed by atoms with Gasteiger partial charge in [-0.2, -0.15) is 0 Å². The first kappa shape index (κ1) is 20.1. The quantitative estimate of drug-likeness (QED) is 0.278. The molecule has 0 aliphatic rings. The van der Waals surface area contributed by atoms with Gasteiger partial charge in [-0.3, -0.25) is 4.99 Å². The number of nitrogens with zero attached hydrogens (tertiary/aromatic N) is 4. The first-order chi connectivity index (χ1) is 9.76. The Morgan fingerprint density at radius 3 is 2.67 bits per heavy atom. The Morgan fingerprint density at radius 1 is 1.33 bits per heavy atom. The second-order valence-electron chi connectivity index (χ2n) is 4.67. The maximum atomic E-state index is 5.11. The summed E-state index contributed by atoms with van der Waals surface area (Å²) in [5, 5.41) is 14.1. The Morgan fingerprint density at radius 2 is 2.05 bits per heavy atom. The first-order valence-electron chi connectivity index (χ1n) is 7.12. The van der Waals surface area contributed by atoms with Gasteiger partial charge in [0.15, 0.2) is 5.96 Å². The van der Waals surface area contributed by atoms with Crippen molar-refractivity contribution in [1.82, 2.24) is 25.4 Å². The molecule has 0 saturated heterocycles. The van der Waals surface area contributed by atoms with Crippen LogP contribution in [0.15, 0.2) is 17.6 Å². The summed E-state index contributed by atoms with van der Waals surface area (Å²) in [5.74, 6) is 0.848. The predicted molar refractivity (Wildman–Crippen MR) is 95.1 cm³/mol. The first-order valence-corrected chi connectivity index (χ1v) is 7.12. The molecule has 1 aromatic heterocycles. The number of rotatable bonds is 9. The molecule has 1 rings (SSSR count). The maximum absolute atomic E-state index is 5.11. The largest absolute Gasteiger partial charge is 0.383 e. The van der Waals surface area contributed by atoms with E-state index < -0.39 is 0 Å². The van der Waals surface area contributed by atoms with Gasteiger partial charge in [0, 0.05) is 32.8 Å². The van der Waals surface area contributed by atoms with Gasteiger partial charge in [0.1, 0.15) is 12.7 Å². The van der Waals surface area contributed by atoms with E-state index in [-0.39, 0.29) is 30.0 Å². The van der Waals surface area contributed by atoms with Gasteiger partial charge in [-0.1, -0.05) is 0 Å². The minimum Gasteiger partial charge on any atom is -0.383 e. The van der Waals surface area contributed by atoms with Gasteiger partial charge >= 0.3 is 0 Å². The third kappa shape index (κ3) is 9.62. The molecule has 1 heterocycles. The van der Waals surface area contributed by atoms with E-state index >= 15 is 0 Å². The van der Waals surface area contributed by atoms with E-state index in [2.05, 4.69) is 39.7 Å². The monoisotopic (exact) mass is 410 g/mol. The molecule has 0 aliphatic carbocycles. The zero-order valence-electron chi connectivity index (χ0n) is 13.1. The Labute approximate surface area is 144 Å². The van der Waals surface area contributed by atoms with Gasteiger partial charge in [0.05, 0.1) is 6.61 Å². The molecule has 8 heteroatoms. The van der Waals surface area contributed by atoms with Crippen molar-refractivity contribution in [3.63, 3.8) is 0 Å². The van der Waals surface area contributed by atoms with E-state index in [0.29, 0.717) is 6.61 Å². The number of ether oxygens (including phenoxy) is 1. The van der Waals surface area contributed by atoms with Crippen LogP contribution in [0, 0.1) is 0 Å². The average Bonchev–Trinajstić information content (AvgIpc) is 2.92. The van der Waals surface area contributed by atoms with Gasteiger partial charge in [-0.15, -0.1) is 34.2 Å². The molecule has 0 aliphatic heterocycles. The minimum atomic E-state index is 0. The number of unbranched alkanes of at least 4 members (excludes halogenated alkanes) is 1. The number of guanidine groups is 1. The number of nitrogens with one attached hydrogen (secondary N) is 2. The fourth-order valence-electron chi connectivity index (χ4n) is 1.78. The molecule has 0 spiro atoms. The van der Waals surface area contributed by atoms with E-state index in [1.165, 1.54) is 0 Å². The lowest BCUT2D eigenvalue weighted by molar-refractivity contribution is 0.179. The van der Waals surface area contributed by atoms with Gasteiger partial charge in [-0.25, -0.2) is 0 Å². The summed E-state index contributed by atoms with van der Waals surface area (Å²) < 4.78 is 7.09. The van der Waals surface area contributed by atoms with Crippen molar-refractivity contribution in [2.24, 2.45) is 4.99 Å². The third-order valence-electron chi connectivity index (χ3n) is 2.70. The summed E-state index contributed by atoms with van der Waals surface area (Å²) in [7, 11) is 1.70. The molecule has 0 radical (unpaired) electrons. The molecule has 0 fully saturated rings. The van der Waals surface area contributed by atoms with Gasteiger partial charge in [-0.05, 0) is 26.7 Å². The van der Waals surface area contributed by atoms with Gasteiger partial charge in [0.2, 0.25) is 0 Å². The van der Waals surface area contributed by atoms with Crippen LogP contribution in [0.5, 0.6) is 0 Å². The Bertz CT molecular complexity index is 371. The normalized spacial score (nSPS) is 12.6. The Kier molecular flexibility index (Phi) is 12.3. The lowest BCUT2D eigenvalue weighted by atomic mass is 10.3. The highest BCUT2D eigenvalue weighted by molar-refractivity contribution is 14.0. The number of hydrogen-bond acceptors (Lipinski definition) is 4. The topological polar surface area (TPSA) is 76.4 Å². The molecule has 0 saturated carbocycles. The van der Waals surface area contributed by atoms with Crippen LogP contribution in [0.3, 0.4) is 0 Å². The zero-order valence-corrected chi connectivity index (χ0v) is 15.4. The van der Waals surface area contributed by atoms with E-state index in [0.717, 1.165) is 38.4 Å². The van der Waals surface area contributed by atoms with E-state index in [1.54, 1.807) is 19.8 Å². The third-order valence-corrected chi connectivity index (χ3v) is 2.70. The fourth-order valence-corrected chi connectivity index (χ4v) is 1.78. The van der Waals surface area contributed by atoms with Crippen molar-refractivity contribution in [1.29, 1.82) is 0 Å². The van der Waals surface area contributed by atoms with Crippen LogP contribution in [0.4, 0.5) is 0 Å². The summed E-state index contributed by atoms with van der Waals surface area (Å²) in [6.07, 6.45) is 5.57. The van der Waals surface area contributed by atoms with E-state index in [4.69, 9.17) is 4.74 Å². The van der Waals surface area contributed by atoms with Crippen LogP contribution in [0.1, 0.15) is 26.7 Å². The minimum absolute atomic E-state index is 0. The van der Waals surface area contributed by atoms with Gasteiger partial charge in [0.25, 0.3) is 0 Å². The Hall–Kier alpha value is -0.900. The lowest BCUT2D eigenvalue weighted by Gasteiger charge is -2.16. The molecule has 7 nitrogen and oxygen atoms in total. The van der Waals surface area contributed by atoms with Crippen molar-refractivity contribution in [2.75, 3.05) is 26.8 Å². The zero-order chi connectivity index (χ0) is 14.6. The molecule has 0 aromatic carbocycles. The fraction of sp³-hybridized carbons (Fsp3) is 0.769. The smallest absolute Gasteiger partial charge is 0.191 e. The summed E-state index contributed by atoms with van der Waals surface area (Å²) in [6.45, 7) is 7.39. The summed E-state index contributed by atoms with van der Waals surface area (Å²) in [5.41, 5.74) is 0. The molecule has 1 atom stereocenters. The van der Waals surface area contributed by atoms with Crippen LogP contribution in [-0.4, -0.2) is 53.6 Å². The van der Waals surface area contributed by atoms with Crippen LogP contribution in [0.2, 0.25) is 0 Å². The molecule has 0 amide bonds. The van der Waals surface area contributed by atoms with Crippen LogP contribution in [-0.2, 0) is 11.3 Å². The van der Waals surface area contributed by atoms with Crippen molar-refractivity contribution < 1.29 is 4.74 Å². The van der Waals surface area contributed by atoms with E-state index in [9.17, 15) is 0 Å². The lowest BCUT2D eigenvalue weighted by Crippen LogP contribution is -2.44. The second kappa shape index (κ2) is 12.8. The standard InChI is InChI=1S/C13H26N6O.HI/c1-4-14-13(18-12(2)9-20-3)15-7-5-6-8-19-10-16-17-11-19;/h10-12H,4-9H2,1-3H3,(H2,14,15,18);1H. The van der Waals surface area contributed by atoms with Crippen molar-refractivity contribution in [2.45, 2.75) is 39.3 Å². The second-order valence-corrected chi connectivity index (χ2v) is 4.67. The van der Waals surface area contributed by atoms with E-state index in [1.807, 2.05) is 4.57 Å². The molecule has 21 heavy (non-hydrogen) atoms. The number of aromatic nitrogens is 3. The van der Waals surface area contributed by atoms with Crippen molar-refractivity contribution >= 4 is 29.9 Å². The van der Waals surface area contributed by atoms with Crippen LogP contribution < -0.4 is 10.6 Å². The number of halogens is 1. The number of hydrogen-bond donors (Lipinski definition) is 2. The predicted octanol–water partition coefficient (Wildman–Crippen LogP) is 1.27. The van der Waals surface area contributed by atoms with Gasteiger partial charge < -0.3 is 19.9 Å². The molecule has 1 aromatic rings. The van der Waals surface area contributed by atoms with Crippen LogP contribution >= 0.6 is 24.0 Å². The highest BCUT2D eigenvalue weighted by Gasteiger charge is 2.03. The summed E-state index contributed by atoms with van der Waals surface area (Å²) >= 11 is 0. The molecule has 1 unspecified atom stereocenters. The van der Waals surface area contributed by atoms with Crippen LogP contribution in [0.25, 0.3) is 0 Å². The highest BCUT2D eigenvalue weighted by Crippen LogP contribution is 1.95. The SMILES string of the molecule is CCNC(=NCCCCn1cnnc1)NC(C)COC.I. The summed E-state index contributed by atoms with van der Waals surface area (Å²) in [4.78, 5) is 4.55. The van der Waals surface area contributed by atoms with Crippen molar-refractivity contribution in [3.8, 4) is 0 Å². The average molecular weight is 410 g/mol. The molecule has 2 N–H and O–H groups in total. The number of methoxy groups -OCH3 is 1. The maximum Gasteiger partial charge on any atom is 0.191 e. The summed E-state index contributed by atoms with van der Waals surface area (Å²) in [6, 6.07) is 0.245. The molecular weight excluding hydrogens is 383 g/mol. The van der Waals surface area contributed by atoms with Crippen molar-refractivity contribution in [3.05, 3.63) is 12.7 Å².